The molecule has 0 aromatic heterocycles. The third-order valence-electron chi connectivity index (χ3n) is 14.8. The van der Waals surface area contributed by atoms with Crippen molar-refractivity contribution in [3.63, 3.8) is 0 Å². The van der Waals surface area contributed by atoms with Crippen molar-refractivity contribution in [2.24, 2.45) is 0 Å². The van der Waals surface area contributed by atoms with Gasteiger partial charge in [0.2, 0.25) is 0 Å². The van der Waals surface area contributed by atoms with E-state index in [0.717, 1.165) is 70.6 Å². The maximum Gasteiger partial charge on any atom is 0.306 e. The Bertz CT molecular complexity index is 1260. The van der Waals surface area contributed by atoms with E-state index in [1.165, 1.54) is 250 Å². The van der Waals surface area contributed by atoms with Gasteiger partial charge in [-0.3, -0.25) is 9.59 Å². The topological polar surface area (TPSA) is 72.8 Å². The third kappa shape index (κ3) is 62.1. The first-order valence-corrected chi connectivity index (χ1v) is 32.8. The zero-order valence-electron chi connectivity index (χ0n) is 49.6. The van der Waals surface area contributed by atoms with Gasteiger partial charge in [-0.25, -0.2) is 0 Å². The molecule has 0 saturated heterocycles. The number of ether oxygens (including phenoxy) is 2. The SMILES string of the molecule is CC/C=C\C/C=C\C/C=C\C/C=C\CCCCCCCCCCC(=O)OC(CO)COC(=O)CCCCCCCCCCCCCCCCCCCCCCCCCCCCC/C=C\CCCCCCCCCC. The molecule has 0 aliphatic carbocycles. The van der Waals surface area contributed by atoms with Crippen LogP contribution in [0.3, 0.4) is 0 Å². The number of hydrogen-bond donors (Lipinski definition) is 1. The first-order chi connectivity index (χ1) is 36.6. The van der Waals surface area contributed by atoms with E-state index in [1.54, 1.807) is 0 Å². The van der Waals surface area contributed by atoms with Crippen LogP contribution in [-0.2, 0) is 19.1 Å². The predicted octanol–water partition coefficient (Wildman–Crippen LogP) is 22.5. The van der Waals surface area contributed by atoms with Crippen molar-refractivity contribution in [3.05, 3.63) is 60.8 Å². The molecule has 1 unspecified atom stereocenters. The summed E-state index contributed by atoms with van der Waals surface area (Å²) < 4.78 is 10.7. The van der Waals surface area contributed by atoms with Crippen molar-refractivity contribution in [1.29, 1.82) is 0 Å². The maximum atomic E-state index is 12.3. The van der Waals surface area contributed by atoms with Gasteiger partial charge in [0, 0.05) is 12.8 Å². The average Bonchev–Trinajstić information content (AvgIpc) is 3.40. The Morgan fingerprint density at radius 2 is 0.581 bits per heavy atom. The second kappa shape index (κ2) is 64.9. The molecule has 0 fully saturated rings. The van der Waals surface area contributed by atoms with Crippen LogP contribution in [0, 0.1) is 0 Å². The monoisotopic (exact) mass is 1030 g/mol. The molecule has 0 rings (SSSR count). The summed E-state index contributed by atoms with van der Waals surface area (Å²) in [4.78, 5) is 24.6. The number of carbonyl (C=O) groups is 2. The minimum Gasteiger partial charge on any atom is -0.462 e. The van der Waals surface area contributed by atoms with Gasteiger partial charge in [-0.15, -0.1) is 0 Å². The molecule has 0 aliphatic heterocycles. The third-order valence-corrected chi connectivity index (χ3v) is 14.8. The van der Waals surface area contributed by atoms with E-state index in [4.69, 9.17) is 9.47 Å². The average molecular weight is 1040 g/mol. The summed E-state index contributed by atoms with van der Waals surface area (Å²) in [5.41, 5.74) is 0. The van der Waals surface area contributed by atoms with Crippen LogP contribution in [-0.4, -0.2) is 36.4 Å². The summed E-state index contributed by atoms with van der Waals surface area (Å²) >= 11 is 0. The molecule has 5 heteroatoms. The Balaban J connectivity index is 3.39. The Labute approximate surface area is 461 Å². The summed E-state index contributed by atoms with van der Waals surface area (Å²) in [6.45, 7) is 4.06. The van der Waals surface area contributed by atoms with E-state index < -0.39 is 6.10 Å². The summed E-state index contributed by atoms with van der Waals surface area (Å²) in [7, 11) is 0. The van der Waals surface area contributed by atoms with Crippen molar-refractivity contribution >= 4 is 11.9 Å². The molecule has 0 aromatic carbocycles. The van der Waals surface area contributed by atoms with E-state index >= 15 is 0 Å². The summed E-state index contributed by atoms with van der Waals surface area (Å²) in [5.74, 6) is -0.586. The molecule has 0 spiro atoms. The summed E-state index contributed by atoms with van der Waals surface area (Å²) in [6.07, 6.45) is 88.2. The van der Waals surface area contributed by atoms with E-state index in [-0.39, 0.29) is 25.2 Å². The highest BCUT2D eigenvalue weighted by atomic mass is 16.6. The fraction of sp³-hybridized carbons (Fsp3) is 0.826. The molecule has 5 nitrogen and oxygen atoms in total. The highest BCUT2D eigenvalue weighted by molar-refractivity contribution is 5.70. The van der Waals surface area contributed by atoms with Crippen molar-refractivity contribution < 1.29 is 24.2 Å². The summed E-state index contributed by atoms with van der Waals surface area (Å²) in [6, 6.07) is 0. The van der Waals surface area contributed by atoms with Crippen LogP contribution in [0.1, 0.15) is 348 Å². The van der Waals surface area contributed by atoms with Crippen LogP contribution in [0.4, 0.5) is 0 Å². The molecule has 432 valence electrons. The Hall–Kier alpha value is -2.40. The maximum absolute atomic E-state index is 12.3. The Morgan fingerprint density at radius 1 is 0.324 bits per heavy atom. The van der Waals surface area contributed by atoms with Crippen molar-refractivity contribution in [2.45, 2.75) is 354 Å². The molecule has 0 radical (unpaired) electrons. The molecule has 1 N–H and O–H groups in total. The normalized spacial score (nSPS) is 12.5. The number of carbonyl (C=O) groups excluding carboxylic acids is 2. The Morgan fingerprint density at radius 3 is 0.892 bits per heavy atom. The van der Waals surface area contributed by atoms with Crippen molar-refractivity contribution in [3.8, 4) is 0 Å². The Kier molecular flexibility index (Phi) is 62.8. The first kappa shape index (κ1) is 71.6. The zero-order valence-corrected chi connectivity index (χ0v) is 49.6. The summed E-state index contributed by atoms with van der Waals surface area (Å²) in [5, 5.41) is 9.67. The second-order valence-corrected chi connectivity index (χ2v) is 22.2. The molecule has 0 heterocycles. The number of allylic oxidation sites excluding steroid dienone is 10. The van der Waals surface area contributed by atoms with Crippen LogP contribution in [0.5, 0.6) is 0 Å². The van der Waals surface area contributed by atoms with Gasteiger partial charge in [0.1, 0.15) is 6.61 Å². The van der Waals surface area contributed by atoms with Crippen LogP contribution in [0.2, 0.25) is 0 Å². The largest absolute Gasteiger partial charge is 0.462 e. The molecule has 1 atom stereocenters. The highest BCUT2D eigenvalue weighted by Crippen LogP contribution is 2.18. The highest BCUT2D eigenvalue weighted by Gasteiger charge is 2.16. The fourth-order valence-corrected chi connectivity index (χ4v) is 9.90. The number of aliphatic hydroxyl groups is 1. The lowest BCUT2D eigenvalue weighted by Gasteiger charge is -2.15. The lowest BCUT2D eigenvalue weighted by molar-refractivity contribution is -0.161. The smallest absolute Gasteiger partial charge is 0.306 e. The number of aliphatic hydroxyl groups excluding tert-OH is 1. The van der Waals surface area contributed by atoms with Gasteiger partial charge in [0.15, 0.2) is 6.10 Å². The van der Waals surface area contributed by atoms with Gasteiger partial charge in [0.05, 0.1) is 6.61 Å². The van der Waals surface area contributed by atoms with Gasteiger partial charge in [0.25, 0.3) is 0 Å². The van der Waals surface area contributed by atoms with Crippen LogP contribution in [0.25, 0.3) is 0 Å². The number of rotatable bonds is 61. The van der Waals surface area contributed by atoms with Crippen LogP contribution >= 0.6 is 0 Å². The molecule has 0 amide bonds. The molecular formula is C69H126O5. The minimum absolute atomic E-state index is 0.0673. The molecule has 0 aromatic rings. The van der Waals surface area contributed by atoms with Gasteiger partial charge in [-0.2, -0.15) is 0 Å². The molecule has 0 saturated carbocycles. The first-order valence-electron chi connectivity index (χ1n) is 32.8. The standard InChI is InChI=1S/C69H126O5/c1-3-5-7-9-11-13-15-17-19-21-23-25-26-27-28-29-30-31-32-33-34-35-36-37-38-39-40-41-42-44-45-47-49-51-53-55-57-59-61-63-68(71)73-66-67(65-70)74-69(72)64-62-60-58-56-54-52-50-48-46-43-24-22-20-18-16-14-12-10-8-6-4-2/h6,8,12,14,18,20-21,23-24,43,67,70H,3-5,7,9-11,13,15-17,19,22,25-42,44-66H2,1-2H3/b8-6-,14-12-,20-18-,23-21-,43-24-. The predicted molar refractivity (Wildman–Crippen MR) is 325 cm³/mol. The molecular weight excluding hydrogens is 909 g/mol. The molecule has 0 bridgehead atoms. The van der Waals surface area contributed by atoms with Gasteiger partial charge in [-0.1, -0.05) is 319 Å². The number of esters is 2. The second-order valence-electron chi connectivity index (χ2n) is 22.2. The fourth-order valence-electron chi connectivity index (χ4n) is 9.90. The quantitative estimate of drug-likeness (QED) is 0.0373. The van der Waals surface area contributed by atoms with Crippen LogP contribution in [0.15, 0.2) is 60.8 Å². The molecule has 74 heavy (non-hydrogen) atoms. The zero-order chi connectivity index (χ0) is 53.4. The van der Waals surface area contributed by atoms with Gasteiger partial charge < -0.3 is 14.6 Å². The van der Waals surface area contributed by atoms with Gasteiger partial charge in [-0.05, 0) is 77.0 Å². The van der Waals surface area contributed by atoms with E-state index in [0.29, 0.717) is 12.8 Å². The molecule has 0 aliphatic rings. The van der Waals surface area contributed by atoms with Crippen LogP contribution < -0.4 is 0 Å². The van der Waals surface area contributed by atoms with Crippen molar-refractivity contribution in [1.82, 2.24) is 0 Å². The number of unbranched alkanes of at least 4 members (excludes halogenated alkanes) is 43. The lowest BCUT2D eigenvalue weighted by Crippen LogP contribution is -2.28. The van der Waals surface area contributed by atoms with Gasteiger partial charge >= 0.3 is 11.9 Å². The number of hydrogen-bond acceptors (Lipinski definition) is 5. The lowest BCUT2D eigenvalue weighted by atomic mass is 10.0. The van der Waals surface area contributed by atoms with E-state index in [1.807, 2.05) is 0 Å². The minimum atomic E-state index is -0.778. The van der Waals surface area contributed by atoms with E-state index in [2.05, 4.69) is 74.6 Å². The van der Waals surface area contributed by atoms with E-state index in [9.17, 15) is 14.7 Å². The van der Waals surface area contributed by atoms with Crippen molar-refractivity contribution in [2.75, 3.05) is 13.2 Å².